The first kappa shape index (κ1) is 28.3. The maximum atomic E-state index is 13.5. The van der Waals surface area contributed by atoms with Crippen LogP contribution in [0.3, 0.4) is 0 Å². The van der Waals surface area contributed by atoms with Crippen LogP contribution in [0, 0.1) is 18.8 Å². The van der Waals surface area contributed by atoms with Crippen LogP contribution in [0.2, 0.25) is 0 Å². The lowest BCUT2D eigenvalue weighted by Crippen LogP contribution is -2.11. The molecule has 0 aliphatic rings. The minimum atomic E-state index is -1.58. The van der Waals surface area contributed by atoms with Crippen molar-refractivity contribution in [3.63, 3.8) is 0 Å². The van der Waals surface area contributed by atoms with Crippen molar-refractivity contribution in [2.45, 2.75) is 18.4 Å². The van der Waals surface area contributed by atoms with Crippen LogP contribution in [0.5, 0.6) is 5.75 Å². The van der Waals surface area contributed by atoms with Crippen molar-refractivity contribution in [3.8, 4) is 17.6 Å². The van der Waals surface area contributed by atoms with Gasteiger partial charge in [0.05, 0.1) is 36.0 Å². The number of nitrogens with zero attached hydrogens (tertiary/aromatic N) is 2. The van der Waals surface area contributed by atoms with Gasteiger partial charge in [0.15, 0.2) is 16.7 Å². The molecule has 8 nitrogen and oxygen atoms in total. The zero-order valence-corrected chi connectivity index (χ0v) is 24.1. The standard InChI is InChI=1S/C33H28N4O4S/c1-22-10-14-26-8-6-18-34-30(26)32(22)42(39)37-28-9-5-4-7-25(28)15-11-24-19-29(31(36-21-24)33(38)41-3)35-20-23-12-16-27(40-2)17-13-23/h4-10,12-14,16-19,21,35,37H,20H2,1-3H3. The number of benzene rings is 3. The molecule has 3 aromatic carbocycles. The van der Waals surface area contributed by atoms with Crippen LogP contribution in [-0.4, -0.2) is 34.4 Å². The number of fused-ring (bicyclic) bond motifs is 1. The lowest BCUT2D eigenvalue weighted by molar-refractivity contribution is 0.0595. The van der Waals surface area contributed by atoms with Crippen LogP contribution in [0.15, 0.2) is 96.2 Å². The number of hydrogen-bond donors (Lipinski definition) is 2. The number of carbonyl (C=O) groups is 1. The summed E-state index contributed by atoms with van der Waals surface area (Å²) >= 11 is 0. The molecule has 9 heteroatoms. The van der Waals surface area contributed by atoms with Gasteiger partial charge in [0.25, 0.3) is 0 Å². The number of carbonyl (C=O) groups excluding carboxylic acids is 1. The Morgan fingerprint density at radius 2 is 1.74 bits per heavy atom. The molecule has 0 spiro atoms. The average Bonchev–Trinajstić information content (AvgIpc) is 3.03. The van der Waals surface area contributed by atoms with Gasteiger partial charge < -0.3 is 14.8 Å². The summed E-state index contributed by atoms with van der Waals surface area (Å²) in [5, 5.41) is 4.18. The fourth-order valence-electron chi connectivity index (χ4n) is 4.29. The molecule has 0 saturated heterocycles. The number of aryl methyl sites for hydroxylation is 1. The van der Waals surface area contributed by atoms with Crippen LogP contribution in [0.4, 0.5) is 11.4 Å². The van der Waals surface area contributed by atoms with E-state index in [0.717, 1.165) is 22.3 Å². The number of anilines is 2. The fraction of sp³-hybridized carbons (Fsp3) is 0.121. The molecule has 1 unspecified atom stereocenters. The summed E-state index contributed by atoms with van der Waals surface area (Å²) in [5.41, 5.74) is 5.08. The van der Waals surface area contributed by atoms with Crippen LogP contribution in [-0.2, 0) is 22.3 Å². The number of pyridine rings is 2. The SMILES string of the molecule is COC(=O)c1ncc(C#Cc2ccccc2NS(=O)c2c(C)ccc3cccnc23)cc1NCc1ccc(OC)cc1. The molecule has 0 radical (unpaired) electrons. The first-order valence-electron chi connectivity index (χ1n) is 13.1. The predicted molar refractivity (Wildman–Crippen MR) is 165 cm³/mol. The topological polar surface area (TPSA) is 102 Å². The van der Waals surface area contributed by atoms with Gasteiger partial charge in [-0.05, 0) is 54.4 Å². The molecule has 1 atom stereocenters. The Morgan fingerprint density at radius 1 is 0.929 bits per heavy atom. The highest BCUT2D eigenvalue weighted by Gasteiger charge is 2.16. The van der Waals surface area contributed by atoms with Crippen LogP contribution < -0.4 is 14.8 Å². The van der Waals surface area contributed by atoms with E-state index in [9.17, 15) is 9.00 Å². The average molecular weight is 577 g/mol. The molecular weight excluding hydrogens is 548 g/mol. The number of methoxy groups -OCH3 is 2. The van der Waals surface area contributed by atoms with E-state index < -0.39 is 17.0 Å². The molecule has 5 aromatic rings. The Labute approximate surface area is 246 Å². The largest absolute Gasteiger partial charge is 0.497 e. The van der Waals surface area contributed by atoms with Crippen molar-refractivity contribution in [3.05, 3.63) is 119 Å². The van der Waals surface area contributed by atoms with Gasteiger partial charge in [-0.25, -0.2) is 14.0 Å². The van der Waals surface area contributed by atoms with Crippen molar-refractivity contribution in [1.29, 1.82) is 0 Å². The molecular formula is C33H28N4O4S. The van der Waals surface area contributed by atoms with Gasteiger partial charge in [-0.15, -0.1) is 0 Å². The highest BCUT2D eigenvalue weighted by atomic mass is 32.2. The minimum absolute atomic E-state index is 0.160. The number of ether oxygens (including phenoxy) is 2. The molecule has 2 aromatic heterocycles. The number of para-hydroxylation sites is 1. The minimum Gasteiger partial charge on any atom is -0.497 e. The molecule has 0 saturated carbocycles. The summed E-state index contributed by atoms with van der Waals surface area (Å²) in [6, 6.07) is 24.5. The molecule has 5 rings (SSSR count). The Balaban J connectivity index is 1.41. The summed E-state index contributed by atoms with van der Waals surface area (Å²) in [7, 11) is 1.35. The number of aromatic nitrogens is 2. The normalized spacial score (nSPS) is 11.2. The molecule has 42 heavy (non-hydrogen) atoms. The Morgan fingerprint density at radius 3 is 2.52 bits per heavy atom. The zero-order chi connectivity index (χ0) is 29.5. The van der Waals surface area contributed by atoms with Crippen molar-refractivity contribution >= 4 is 39.2 Å². The maximum absolute atomic E-state index is 13.5. The first-order chi connectivity index (χ1) is 20.5. The summed E-state index contributed by atoms with van der Waals surface area (Å²) in [6.07, 6.45) is 3.22. The molecule has 210 valence electrons. The smallest absolute Gasteiger partial charge is 0.358 e. The Hall–Kier alpha value is -5.20. The van der Waals surface area contributed by atoms with Crippen LogP contribution in [0.25, 0.3) is 10.9 Å². The second-order valence-corrected chi connectivity index (χ2v) is 10.4. The number of esters is 1. The summed E-state index contributed by atoms with van der Waals surface area (Å²) in [6.45, 7) is 2.37. The third kappa shape index (κ3) is 6.40. The van der Waals surface area contributed by atoms with Gasteiger partial charge in [0, 0.05) is 35.5 Å². The second-order valence-electron chi connectivity index (χ2n) is 9.27. The van der Waals surface area contributed by atoms with Gasteiger partial charge in [0.2, 0.25) is 0 Å². The van der Waals surface area contributed by atoms with Gasteiger partial charge in [0.1, 0.15) is 5.75 Å². The van der Waals surface area contributed by atoms with Crippen molar-refractivity contribution < 1.29 is 18.5 Å². The highest BCUT2D eigenvalue weighted by Crippen LogP contribution is 2.26. The summed E-state index contributed by atoms with van der Waals surface area (Å²) < 4.78 is 26.8. The highest BCUT2D eigenvalue weighted by molar-refractivity contribution is 7.86. The third-order valence-corrected chi connectivity index (χ3v) is 7.78. The van der Waals surface area contributed by atoms with Gasteiger partial charge in [-0.1, -0.05) is 54.3 Å². The van der Waals surface area contributed by atoms with E-state index in [0.29, 0.717) is 39.5 Å². The first-order valence-corrected chi connectivity index (χ1v) is 14.2. The molecule has 0 aliphatic heterocycles. The van der Waals surface area contributed by atoms with Crippen LogP contribution >= 0.6 is 0 Å². The predicted octanol–water partition coefficient (Wildman–Crippen LogP) is 5.88. The molecule has 0 bridgehead atoms. The fourth-order valence-corrected chi connectivity index (χ4v) is 5.48. The molecule has 2 N–H and O–H groups in total. The number of hydrogen-bond acceptors (Lipinski definition) is 7. The Kier molecular flexibility index (Phi) is 8.75. The van der Waals surface area contributed by atoms with Gasteiger partial charge in [-0.2, -0.15) is 0 Å². The zero-order valence-electron chi connectivity index (χ0n) is 23.3. The Bertz CT molecular complexity index is 1850. The molecule has 0 amide bonds. The van der Waals surface area contributed by atoms with E-state index in [1.807, 2.05) is 79.7 Å². The van der Waals surface area contributed by atoms with Crippen molar-refractivity contribution in [2.24, 2.45) is 0 Å². The van der Waals surface area contributed by atoms with E-state index >= 15 is 0 Å². The van der Waals surface area contributed by atoms with E-state index in [1.165, 1.54) is 13.3 Å². The second kappa shape index (κ2) is 13.0. The third-order valence-electron chi connectivity index (χ3n) is 6.49. The van der Waals surface area contributed by atoms with E-state index in [2.05, 4.69) is 31.8 Å². The van der Waals surface area contributed by atoms with E-state index in [4.69, 9.17) is 9.47 Å². The van der Waals surface area contributed by atoms with Crippen molar-refractivity contribution in [1.82, 2.24) is 9.97 Å². The van der Waals surface area contributed by atoms with E-state index in [-0.39, 0.29) is 5.69 Å². The summed E-state index contributed by atoms with van der Waals surface area (Å²) in [5.74, 6) is 6.48. The maximum Gasteiger partial charge on any atom is 0.358 e. The lowest BCUT2D eigenvalue weighted by Gasteiger charge is -2.12. The monoisotopic (exact) mass is 576 g/mol. The van der Waals surface area contributed by atoms with Gasteiger partial charge >= 0.3 is 5.97 Å². The van der Waals surface area contributed by atoms with Crippen LogP contribution in [0.1, 0.15) is 32.7 Å². The molecule has 0 fully saturated rings. The quantitative estimate of drug-likeness (QED) is 0.176. The lowest BCUT2D eigenvalue weighted by atomic mass is 10.1. The van der Waals surface area contributed by atoms with Crippen molar-refractivity contribution in [2.75, 3.05) is 24.3 Å². The number of nitrogens with one attached hydrogen (secondary N) is 2. The van der Waals surface area contributed by atoms with Gasteiger partial charge in [-0.3, -0.25) is 9.71 Å². The molecule has 2 heterocycles. The molecule has 0 aliphatic carbocycles. The number of rotatable bonds is 8. The summed E-state index contributed by atoms with van der Waals surface area (Å²) in [4.78, 5) is 21.8. The van der Waals surface area contributed by atoms with E-state index in [1.54, 1.807) is 19.4 Å².